The van der Waals surface area contributed by atoms with Crippen LogP contribution in [-0.2, 0) is 4.74 Å². The minimum Gasteiger partial charge on any atom is -0.494 e. The first-order valence-corrected chi connectivity index (χ1v) is 8.09. The maximum Gasteiger partial charge on any atom is 0.172 e. The van der Waals surface area contributed by atoms with Crippen LogP contribution in [0.2, 0.25) is 0 Å². The number of rotatable bonds is 7. The summed E-state index contributed by atoms with van der Waals surface area (Å²) in [7, 11) is 0. The third kappa shape index (κ3) is 3.42. The molecule has 1 aliphatic heterocycles. The Balaban J connectivity index is 1.83. The second kappa shape index (κ2) is 7.37. The van der Waals surface area contributed by atoms with Gasteiger partial charge < -0.3 is 9.47 Å². The first kappa shape index (κ1) is 15.7. The Labute approximate surface area is 135 Å². The van der Waals surface area contributed by atoms with E-state index in [4.69, 9.17) is 9.47 Å². The summed E-state index contributed by atoms with van der Waals surface area (Å²) in [6, 6.07) is 7.66. The van der Waals surface area contributed by atoms with E-state index in [0.717, 1.165) is 55.7 Å². The van der Waals surface area contributed by atoms with Crippen LogP contribution < -0.4 is 4.74 Å². The lowest BCUT2D eigenvalue weighted by molar-refractivity contribution is 0.102. The van der Waals surface area contributed by atoms with Gasteiger partial charge in [0.25, 0.3) is 0 Å². The van der Waals surface area contributed by atoms with Crippen molar-refractivity contribution in [2.75, 3.05) is 13.2 Å². The summed E-state index contributed by atoms with van der Waals surface area (Å²) >= 11 is 0. The van der Waals surface area contributed by atoms with E-state index in [1.807, 2.05) is 24.3 Å². The molecule has 0 bridgehead atoms. The fourth-order valence-electron chi connectivity index (χ4n) is 2.69. The topological polar surface area (TPSA) is 66.2 Å². The zero-order chi connectivity index (χ0) is 16.1. The maximum absolute atomic E-state index is 11.2. The lowest BCUT2D eigenvalue weighted by Gasteiger charge is -2.13. The van der Waals surface area contributed by atoms with Gasteiger partial charge in [-0.3, -0.25) is 4.79 Å². The molecule has 3 rings (SSSR count). The van der Waals surface area contributed by atoms with E-state index in [9.17, 15) is 4.79 Å². The Hall–Kier alpha value is -2.21. The van der Waals surface area contributed by atoms with Gasteiger partial charge in [0.15, 0.2) is 12.0 Å². The van der Waals surface area contributed by atoms with Gasteiger partial charge in [-0.2, -0.15) is 0 Å². The molecule has 2 aromatic rings. The Bertz CT molecular complexity index is 646. The second-order valence-corrected chi connectivity index (χ2v) is 5.59. The number of hydrogen-bond donors (Lipinski definition) is 0. The molecule has 23 heavy (non-hydrogen) atoms. The molecule has 0 N–H and O–H groups in total. The Morgan fingerprint density at radius 2 is 2.22 bits per heavy atom. The molecule has 1 aromatic heterocycles. The van der Waals surface area contributed by atoms with Crippen molar-refractivity contribution < 1.29 is 14.3 Å². The third-order valence-electron chi connectivity index (χ3n) is 3.93. The average molecular weight is 315 g/mol. The van der Waals surface area contributed by atoms with Gasteiger partial charge in [0, 0.05) is 6.61 Å². The van der Waals surface area contributed by atoms with Gasteiger partial charge in [0.05, 0.1) is 12.3 Å². The molecule has 6 heteroatoms. The smallest absolute Gasteiger partial charge is 0.172 e. The summed E-state index contributed by atoms with van der Waals surface area (Å²) in [5, 5.41) is 8.09. The Morgan fingerprint density at radius 3 is 2.87 bits per heavy atom. The number of aldehydes is 1. The van der Waals surface area contributed by atoms with Gasteiger partial charge in [-0.15, -0.1) is 5.10 Å². The molecule has 0 spiro atoms. The van der Waals surface area contributed by atoms with E-state index in [0.29, 0.717) is 12.3 Å². The van der Waals surface area contributed by atoms with Crippen molar-refractivity contribution in [1.82, 2.24) is 15.0 Å². The highest BCUT2D eigenvalue weighted by molar-refractivity contribution is 5.73. The standard InChI is InChI=1S/C17H21N3O3/c1-2-3-10-22-14-8-6-13(7-9-14)20-17(15(12-21)18-19-20)16-5-4-11-23-16/h6-9,12,16H,2-5,10-11H2,1H3. The van der Waals surface area contributed by atoms with Gasteiger partial charge in [-0.1, -0.05) is 18.6 Å². The summed E-state index contributed by atoms with van der Waals surface area (Å²) < 4.78 is 13.1. The van der Waals surface area contributed by atoms with Crippen LogP contribution in [0.5, 0.6) is 5.75 Å². The molecular formula is C17H21N3O3. The summed E-state index contributed by atoms with van der Waals surface area (Å²) in [5.74, 6) is 0.830. The van der Waals surface area contributed by atoms with Crippen LogP contribution in [0.25, 0.3) is 5.69 Å². The maximum atomic E-state index is 11.2. The predicted octanol–water partition coefficient (Wildman–Crippen LogP) is 3.11. The summed E-state index contributed by atoms with van der Waals surface area (Å²) in [6.07, 6.45) is 4.63. The molecule has 1 aromatic carbocycles. The lowest BCUT2D eigenvalue weighted by atomic mass is 10.1. The number of ether oxygens (including phenoxy) is 2. The molecule has 1 unspecified atom stereocenters. The van der Waals surface area contributed by atoms with Gasteiger partial charge >= 0.3 is 0 Å². The highest BCUT2D eigenvalue weighted by atomic mass is 16.5. The molecule has 1 fully saturated rings. The van der Waals surface area contributed by atoms with Gasteiger partial charge in [-0.05, 0) is 43.5 Å². The highest BCUT2D eigenvalue weighted by Crippen LogP contribution is 2.31. The first-order valence-electron chi connectivity index (χ1n) is 8.09. The molecule has 1 aliphatic rings. The van der Waals surface area contributed by atoms with E-state index < -0.39 is 0 Å². The van der Waals surface area contributed by atoms with Crippen LogP contribution in [0, 0.1) is 0 Å². The largest absolute Gasteiger partial charge is 0.494 e. The van der Waals surface area contributed by atoms with E-state index in [2.05, 4.69) is 17.2 Å². The van der Waals surface area contributed by atoms with Gasteiger partial charge in [-0.25, -0.2) is 4.68 Å². The van der Waals surface area contributed by atoms with Crippen molar-refractivity contribution in [2.24, 2.45) is 0 Å². The van der Waals surface area contributed by atoms with E-state index in [-0.39, 0.29) is 6.10 Å². The van der Waals surface area contributed by atoms with Crippen LogP contribution in [0.15, 0.2) is 24.3 Å². The van der Waals surface area contributed by atoms with Crippen molar-refractivity contribution in [3.05, 3.63) is 35.7 Å². The fourth-order valence-corrected chi connectivity index (χ4v) is 2.69. The van der Waals surface area contributed by atoms with Crippen LogP contribution in [0.3, 0.4) is 0 Å². The minimum absolute atomic E-state index is 0.120. The summed E-state index contributed by atoms with van der Waals surface area (Å²) in [6.45, 7) is 3.56. The monoisotopic (exact) mass is 315 g/mol. The number of benzene rings is 1. The third-order valence-corrected chi connectivity index (χ3v) is 3.93. The molecule has 2 heterocycles. The molecule has 122 valence electrons. The molecule has 1 saturated heterocycles. The summed E-state index contributed by atoms with van der Waals surface area (Å²) in [4.78, 5) is 11.2. The van der Waals surface area contributed by atoms with Crippen molar-refractivity contribution in [1.29, 1.82) is 0 Å². The lowest BCUT2D eigenvalue weighted by Crippen LogP contribution is -2.09. The van der Waals surface area contributed by atoms with E-state index in [1.165, 1.54) is 0 Å². The van der Waals surface area contributed by atoms with Crippen LogP contribution in [0.4, 0.5) is 0 Å². The molecule has 0 radical (unpaired) electrons. The molecule has 1 atom stereocenters. The van der Waals surface area contributed by atoms with E-state index in [1.54, 1.807) is 4.68 Å². The predicted molar refractivity (Wildman–Crippen MR) is 85.1 cm³/mol. The fraction of sp³-hybridized carbons (Fsp3) is 0.471. The van der Waals surface area contributed by atoms with Gasteiger partial charge in [0.2, 0.25) is 0 Å². The number of nitrogens with zero attached hydrogens (tertiary/aromatic N) is 3. The molecular weight excluding hydrogens is 294 g/mol. The zero-order valence-electron chi connectivity index (χ0n) is 13.3. The Morgan fingerprint density at radius 1 is 1.39 bits per heavy atom. The molecule has 0 amide bonds. The van der Waals surface area contributed by atoms with Crippen LogP contribution >= 0.6 is 0 Å². The molecule has 0 aliphatic carbocycles. The average Bonchev–Trinajstić information content (AvgIpc) is 3.24. The number of aromatic nitrogens is 3. The van der Waals surface area contributed by atoms with E-state index >= 15 is 0 Å². The summed E-state index contributed by atoms with van der Waals surface area (Å²) in [5.41, 5.74) is 1.93. The highest BCUT2D eigenvalue weighted by Gasteiger charge is 2.27. The number of carbonyl (C=O) groups excluding carboxylic acids is 1. The molecule has 0 saturated carbocycles. The van der Waals surface area contributed by atoms with Crippen molar-refractivity contribution in [3.63, 3.8) is 0 Å². The number of unbranched alkanes of at least 4 members (excludes halogenated alkanes) is 1. The van der Waals surface area contributed by atoms with Crippen molar-refractivity contribution in [3.8, 4) is 11.4 Å². The van der Waals surface area contributed by atoms with Crippen molar-refractivity contribution in [2.45, 2.75) is 38.7 Å². The van der Waals surface area contributed by atoms with Gasteiger partial charge in [0.1, 0.15) is 17.5 Å². The number of carbonyl (C=O) groups is 1. The SMILES string of the molecule is CCCCOc1ccc(-n2nnc(C=O)c2C2CCCO2)cc1. The zero-order valence-corrected chi connectivity index (χ0v) is 13.3. The molecule has 6 nitrogen and oxygen atoms in total. The normalized spacial score (nSPS) is 17.3. The number of hydrogen-bond acceptors (Lipinski definition) is 5. The van der Waals surface area contributed by atoms with Crippen LogP contribution in [-0.4, -0.2) is 34.5 Å². The first-order chi connectivity index (χ1) is 11.3. The van der Waals surface area contributed by atoms with Crippen molar-refractivity contribution >= 4 is 6.29 Å². The second-order valence-electron chi connectivity index (χ2n) is 5.59. The van der Waals surface area contributed by atoms with Crippen LogP contribution in [0.1, 0.15) is 54.9 Å². The quantitative estimate of drug-likeness (QED) is 0.580. The minimum atomic E-state index is -0.120. The Kier molecular flexibility index (Phi) is 5.02.